The molecule has 6 nitrogen and oxygen atoms in total. The van der Waals surface area contributed by atoms with Crippen LogP contribution in [-0.2, 0) is 22.6 Å². The Labute approximate surface area is 141 Å². The minimum absolute atomic E-state index is 0.0963. The van der Waals surface area contributed by atoms with Crippen molar-refractivity contribution < 1.29 is 14.4 Å². The van der Waals surface area contributed by atoms with E-state index >= 15 is 0 Å². The summed E-state index contributed by atoms with van der Waals surface area (Å²) in [5.74, 6) is -1.32. The van der Waals surface area contributed by atoms with Crippen LogP contribution in [0.25, 0.3) is 0 Å². The topological polar surface area (TPSA) is 60.9 Å². The minimum Gasteiger partial charge on any atom is -0.281 e. The molecule has 0 N–H and O–H groups in total. The standard InChI is InChI=1S/C18H21N3O3/c22-16-17(23)21(15-7-3-4-8-15)18(24)20(16)12-19-10-9-13-5-1-2-6-14(13)11-19/h1-2,5-6,15H,3-4,7-12H2. The fraction of sp³-hybridized carbons (Fsp3) is 0.500. The van der Waals surface area contributed by atoms with Crippen LogP contribution in [0, 0.1) is 0 Å². The molecular formula is C18H21N3O3. The second kappa shape index (κ2) is 6.02. The second-order valence-corrected chi connectivity index (χ2v) is 6.84. The number of amides is 4. The molecule has 0 atom stereocenters. The SMILES string of the molecule is O=C1C(=O)N(C2CCCC2)C(=O)N1CN1CCc2ccccc2C1. The maximum absolute atomic E-state index is 12.6. The van der Waals surface area contributed by atoms with Gasteiger partial charge in [0.1, 0.15) is 0 Å². The van der Waals surface area contributed by atoms with E-state index in [1.54, 1.807) is 0 Å². The molecular weight excluding hydrogens is 306 g/mol. The number of urea groups is 1. The normalized spacial score (nSPS) is 22.6. The number of rotatable bonds is 3. The van der Waals surface area contributed by atoms with Gasteiger partial charge in [0.05, 0.1) is 6.67 Å². The maximum Gasteiger partial charge on any atom is 0.335 e. The van der Waals surface area contributed by atoms with Gasteiger partial charge >= 0.3 is 17.8 Å². The number of hydrogen-bond acceptors (Lipinski definition) is 4. The van der Waals surface area contributed by atoms with Gasteiger partial charge in [0.15, 0.2) is 0 Å². The molecule has 1 saturated carbocycles. The zero-order valence-electron chi connectivity index (χ0n) is 13.6. The Morgan fingerprint density at radius 3 is 2.42 bits per heavy atom. The highest BCUT2D eigenvalue weighted by molar-refractivity contribution is 6.44. The highest BCUT2D eigenvalue weighted by Gasteiger charge is 2.48. The zero-order chi connectivity index (χ0) is 16.7. The Morgan fingerprint density at radius 1 is 0.958 bits per heavy atom. The molecule has 1 saturated heterocycles. The molecule has 1 aliphatic carbocycles. The third kappa shape index (κ3) is 2.51. The van der Waals surface area contributed by atoms with Gasteiger partial charge in [-0.05, 0) is 30.4 Å². The summed E-state index contributed by atoms with van der Waals surface area (Å²) in [6, 6.07) is 7.69. The van der Waals surface area contributed by atoms with E-state index in [0.717, 1.165) is 43.5 Å². The Balaban J connectivity index is 1.48. The summed E-state index contributed by atoms with van der Waals surface area (Å²) in [4.78, 5) is 41.5. The molecule has 0 aromatic heterocycles. The van der Waals surface area contributed by atoms with E-state index in [1.165, 1.54) is 16.0 Å². The molecule has 4 amide bonds. The van der Waals surface area contributed by atoms with Crippen molar-refractivity contribution in [1.29, 1.82) is 0 Å². The first-order valence-electron chi connectivity index (χ1n) is 8.63. The summed E-state index contributed by atoms with van der Waals surface area (Å²) in [6.07, 6.45) is 4.55. The van der Waals surface area contributed by atoms with Gasteiger partial charge in [0.2, 0.25) is 0 Å². The van der Waals surface area contributed by atoms with Crippen LogP contribution < -0.4 is 0 Å². The summed E-state index contributed by atoms with van der Waals surface area (Å²) in [5, 5.41) is 0. The smallest absolute Gasteiger partial charge is 0.281 e. The van der Waals surface area contributed by atoms with Crippen LogP contribution in [0.15, 0.2) is 24.3 Å². The van der Waals surface area contributed by atoms with Crippen molar-refractivity contribution in [1.82, 2.24) is 14.7 Å². The van der Waals surface area contributed by atoms with Crippen molar-refractivity contribution in [2.75, 3.05) is 13.2 Å². The van der Waals surface area contributed by atoms with Crippen molar-refractivity contribution in [3.8, 4) is 0 Å². The maximum atomic E-state index is 12.6. The van der Waals surface area contributed by atoms with E-state index in [9.17, 15) is 14.4 Å². The van der Waals surface area contributed by atoms with E-state index in [-0.39, 0.29) is 12.7 Å². The summed E-state index contributed by atoms with van der Waals surface area (Å²) >= 11 is 0. The van der Waals surface area contributed by atoms with Gasteiger partial charge in [-0.3, -0.25) is 19.4 Å². The van der Waals surface area contributed by atoms with E-state index < -0.39 is 17.8 Å². The van der Waals surface area contributed by atoms with Crippen molar-refractivity contribution in [2.24, 2.45) is 0 Å². The number of fused-ring (bicyclic) bond motifs is 1. The lowest BCUT2D eigenvalue weighted by atomic mass is 10.0. The van der Waals surface area contributed by atoms with Gasteiger partial charge in [-0.25, -0.2) is 9.69 Å². The Kier molecular flexibility index (Phi) is 3.84. The fourth-order valence-electron chi connectivity index (χ4n) is 4.01. The zero-order valence-corrected chi connectivity index (χ0v) is 13.6. The number of carbonyl (C=O) groups is 3. The van der Waals surface area contributed by atoms with Gasteiger partial charge in [-0.15, -0.1) is 0 Å². The third-order valence-corrected chi connectivity index (χ3v) is 5.32. The highest BCUT2D eigenvalue weighted by Crippen LogP contribution is 2.28. The number of imide groups is 2. The summed E-state index contributed by atoms with van der Waals surface area (Å²) in [7, 11) is 0. The van der Waals surface area contributed by atoms with E-state index in [4.69, 9.17) is 0 Å². The molecule has 1 aromatic carbocycles. The predicted molar refractivity (Wildman–Crippen MR) is 86.8 cm³/mol. The molecule has 3 aliphatic rings. The van der Waals surface area contributed by atoms with Crippen LogP contribution in [0.2, 0.25) is 0 Å². The van der Waals surface area contributed by atoms with E-state index in [1.807, 2.05) is 12.1 Å². The fourth-order valence-corrected chi connectivity index (χ4v) is 4.01. The van der Waals surface area contributed by atoms with Gasteiger partial charge in [-0.2, -0.15) is 0 Å². The monoisotopic (exact) mass is 327 g/mol. The molecule has 0 bridgehead atoms. The molecule has 24 heavy (non-hydrogen) atoms. The van der Waals surface area contributed by atoms with Crippen molar-refractivity contribution in [3.05, 3.63) is 35.4 Å². The van der Waals surface area contributed by atoms with E-state index in [2.05, 4.69) is 17.0 Å². The molecule has 4 rings (SSSR count). The molecule has 2 heterocycles. The van der Waals surface area contributed by atoms with Crippen molar-refractivity contribution >= 4 is 17.8 Å². The van der Waals surface area contributed by atoms with Gasteiger partial charge in [0.25, 0.3) is 0 Å². The predicted octanol–water partition coefficient (Wildman–Crippen LogP) is 1.74. The number of carbonyl (C=O) groups excluding carboxylic acids is 3. The van der Waals surface area contributed by atoms with E-state index in [0.29, 0.717) is 6.54 Å². The summed E-state index contributed by atoms with van der Waals surface area (Å²) < 4.78 is 0. The lowest BCUT2D eigenvalue weighted by Crippen LogP contribution is -2.45. The quantitative estimate of drug-likeness (QED) is 0.627. The average molecular weight is 327 g/mol. The number of hydrogen-bond donors (Lipinski definition) is 0. The molecule has 0 unspecified atom stereocenters. The van der Waals surface area contributed by atoms with Crippen LogP contribution in [0.1, 0.15) is 36.8 Å². The Hall–Kier alpha value is -2.21. The van der Waals surface area contributed by atoms with Crippen LogP contribution in [0.5, 0.6) is 0 Å². The molecule has 126 valence electrons. The van der Waals surface area contributed by atoms with Crippen LogP contribution in [0.4, 0.5) is 4.79 Å². The molecule has 0 spiro atoms. The van der Waals surface area contributed by atoms with Crippen molar-refractivity contribution in [2.45, 2.75) is 44.7 Å². The van der Waals surface area contributed by atoms with Gasteiger partial charge in [0, 0.05) is 19.1 Å². The Morgan fingerprint density at radius 2 is 1.67 bits per heavy atom. The first-order valence-corrected chi connectivity index (χ1v) is 8.63. The molecule has 2 aliphatic heterocycles. The average Bonchev–Trinajstić information content (AvgIpc) is 3.18. The first kappa shape index (κ1) is 15.3. The van der Waals surface area contributed by atoms with Crippen molar-refractivity contribution in [3.63, 3.8) is 0 Å². The molecule has 2 fully saturated rings. The number of benzene rings is 1. The summed E-state index contributed by atoms with van der Waals surface area (Å²) in [6.45, 7) is 1.68. The third-order valence-electron chi connectivity index (χ3n) is 5.32. The first-order chi connectivity index (χ1) is 11.6. The largest absolute Gasteiger partial charge is 0.335 e. The molecule has 0 radical (unpaired) electrons. The van der Waals surface area contributed by atoms with Gasteiger partial charge < -0.3 is 0 Å². The molecule has 1 aromatic rings. The highest BCUT2D eigenvalue weighted by atomic mass is 16.2. The lowest BCUT2D eigenvalue weighted by molar-refractivity contribution is -0.144. The molecule has 6 heteroatoms. The summed E-state index contributed by atoms with van der Waals surface area (Å²) in [5.41, 5.74) is 2.54. The minimum atomic E-state index is -0.675. The number of nitrogens with zero attached hydrogens (tertiary/aromatic N) is 3. The lowest BCUT2D eigenvalue weighted by Gasteiger charge is -2.31. The van der Waals surface area contributed by atoms with Crippen LogP contribution in [0.3, 0.4) is 0 Å². The second-order valence-electron chi connectivity index (χ2n) is 6.84. The Bertz CT molecular complexity index is 697. The van der Waals surface area contributed by atoms with Crippen LogP contribution in [-0.4, -0.2) is 51.8 Å². The van der Waals surface area contributed by atoms with Gasteiger partial charge in [-0.1, -0.05) is 37.1 Å². The van der Waals surface area contributed by atoms with Crippen LogP contribution >= 0.6 is 0 Å².